The first-order valence-electron chi connectivity index (χ1n) is 12.4. The Kier molecular flexibility index (Phi) is 6.46. The normalized spacial score (nSPS) is 16.5. The van der Waals surface area contributed by atoms with Gasteiger partial charge in [-0.25, -0.2) is 9.97 Å². The average molecular weight is 557 g/mol. The summed E-state index contributed by atoms with van der Waals surface area (Å²) < 4.78 is 49.3. The Balaban J connectivity index is 1.32. The summed E-state index contributed by atoms with van der Waals surface area (Å²) in [5, 5.41) is 3.69. The van der Waals surface area contributed by atoms with Gasteiger partial charge in [0, 0.05) is 42.5 Å². The van der Waals surface area contributed by atoms with Crippen LogP contribution in [0, 0.1) is 0 Å². The maximum absolute atomic E-state index is 12.6. The Labute approximate surface area is 227 Å². The molecule has 0 amide bonds. The maximum Gasteiger partial charge on any atom is 0.573 e. The largest absolute Gasteiger partial charge is 0.573 e. The van der Waals surface area contributed by atoms with Crippen molar-refractivity contribution in [3.05, 3.63) is 77.0 Å². The molecule has 2 aromatic heterocycles. The van der Waals surface area contributed by atoms with E-state index >= 15 is 0 Å². The standard InChI is InChI=1S/C27H24ClF3N6O2/c1-38-22-13-17(5-10-21(22)37-14-23(28)32-15-37)33-26-34-24-19(8-9-20(24)25(35-26)36-11-2-12-36)16-3-6-18(7-4-16)39-27(29,30)31/h3-7,10,13-15,19H,2,8-9,11-12H2,1H3,(H,33,34,35). The molecule has 1 atom stereocenters. The SMILES string of the molecule is COc1cc(Nc2nc3c(c(N4CCC4)n2)CCC3c2ccc(OC(F)(F)F)cc2)ccc1-n1cnc(Cl)c1. The quantitative estimate of drug-likeness (QED) is 0.288. The Bertz CT molecular complexity index is 1500. The Morgan fingerprint density at radius 1 is 1.08 bits per heavy atom. The van der Waals surface area contributed by atoms with Crippen LogP contribution in [0.4, 0.5) is 30.6 Å². The van der Waals surface area contributed by atoms with E-state index < -0.39 is 6.36 Å². The highest BCUT2D eigenvalue weighted by molar-refractivity contribution is 6.29. The van der Waals surface area contributed by atoms with Gasteiger partial charge in [0.05, 0.1) is 18.5 Å². The van der Waals surface area contributed by atoms with Crippen molar-refractivity contribution in [1.82, 2.24) is 19.5 Å². The predicted octanol–water partition coefficient (Wildman–Crippen LogP) is 6.25. The van der Waals surface area contributed by atoms with Crippen LogP contribution in [0.1, 0.15) is 35.6 Å². The van der Waals surface area contributed by atoms with Crippen LogP contribution in [-0.4, -0.2) is 46.1 Å². The Hall–Kier alpha value is -3.99. The van der Waals surface area contributed by atoms with E-state index in [2.05, 4.69) is 19.9 Å². The molecule has 39 heavy (non-hydrogen) atoms. The number of hydrogen-bond acceptors (Lipinski definition) is 7. The van der Waals surface area contributed by atoms with Crippen molar-refractivity contribution in [3.8, 4) is 17.2 Å². The van der Waals surface area contributed by atoms with Crippen molar-refractivity contribution >= 4 is 29.1 Å². The van der Waals surface area contributed by atoms with E-state index in [4.69, 9.17) is 26.3 Å². The molecule has 2 aliphatic rings. The van der Waals surface area contributed by atoms with Crippen LogP contribution in [0.2, 0.25) is 5.15 Å². The number of fused-ring (bicyclic) bond motifs is 1. The lowest BCUT2D eigenvalue weighted by Gasteiger charge is -2.33. The molecule has 1 unspecified atom stereocenters. The fraction of sp³-hybridized carbons (Fsp3) is 0.296. The summed E-state index contributed by atoms with van der Waals surface area (Å²) in [5.41, 5.74) is 4.37. The van der Waals surface area contributed by atoms with Gasteiger partial charge in [-0.3, -0.25) is 0 Å². The van der Waals surface area contributed by atoms with Crippen molar-refractivity contribution in [3.63, 3.8) is 0 Å². The molecule has 202 valence electrons. The molecular formula is C27H24ClF3N6O2. The second-order valence-electron chi connectivity index (χ2n) is 9.40. The first-order valence-corrected chi connectivity index (χ1v) is 12.8. The number of anilines is 3. The summed E-state index contributed by atoms with van der Waals surface area (Å²) in [6.07, 6.45) is 1.26. The maximum atomic E-state index is 12.6. The van der Waals surface area contributed by atoms with Gasteiger partial charge in [-0.2, -0.15) is 4.98 Å². The fourth-order valence-electron chi connectivity index (χ4n) is 5.04. The number of alkyl halides is 3. The lowest BCUT2D eigenvalue weighted by Crippen LogP contribution is -2.38. The minimum absolute atomic E-state index is 0.0635. The molecule has 1 aliphatic carbocycles. The lowest BCUT2D eigenvalue weighted by atomic mass is 9.96. The summed E-state index contributed by atoms with van der Waals surface area (Å²) in [7, 11) is 1.59. The average Bonchev–Trinajstić information content (AvgIpc) is 3.49. The number of benzene rings is 2. The summed E-state index contributed by atoms with van der Waals surface area (Å²) >= 11 is 5.98. The van der Waals surface area contributed by atoms with Gasteiger partial charge in [-0.1, -0.05) is 23.7 Å². The molecule has 0 spiro atoms. The Morgan fingerprint density at radius 3 is 2.51 bits per heavy atom. The molecule has 3 heterocycles. The molecule has 2 aromatic carbocycles. The number of halogens is 4. The molecule has 0 radical (unpaired) electrons. The third kappa shape index (κ3) is 5.18. The zero-order valence-electron chi connectivity index (χ0n) is 20.9. The van der Waals surface area contributed by atoms with E-state index in [0.717, 1.165) is 66.4 Å². The second-order valence-corrected chi connectivity index (χ2v) is 9.79. The number of ether oxygens (including phenoxy) is 2. The van der Waals surface area contributed by atoms with Gasteiger partial charge in [-0.05, 0) is 49.1 Å². The van der Waals surface area contributed by atoms with Gasteiger partial charge >= 0.3 is 6.36 Å². The van der Waals surface area contributed by atoms with Gasteiger partial charge in [0.25, 0.3) is 0 Å². The van der Waals surface area contributed by atoms with Crippen LogP contribution < -0.4 is 19.7 Å². The molecule has 12 heteroatoms. The van der Waals surface area contributed by atoms with Gasteiger partial charge in [0.1, 0.15) is 28.8 Å². The second kappa shape index (κ2) is 9.96. The van der Waals surface area contributed by atoms with Gasteiger partial charge in [0.2, 0.25) is 5.95 Å². The Morgan fingerprint density at radius 2 is 1.87 bits per heavy atom. The highest BCUT2D eigenvalue weighted by Gasteiger charge is 2.34. The number of nitrogens with zero attached hydrogens (tertiary/aromatic N) is 5. The number of imidazole rings is 1. The molecule has 1 aliphatic heterocycles. The fourth-order valence-corrected chi connectivity index (χ4v) is 5.19. The van der Waals surface area contributed by atoms with Crippen molar-refractivity contribution in [2.75, 3.05) is 30.4 Å². The van der Waals surface area contributed by atoms with E-state index in [-0.39, 0.29) is 11.7 Å². The number of nitrogens with one attached hydrogen (secondary N) is 1. The highest BCUT2D eigenvalue weighted by atomic mass is 35.5. The zero-order valence-corrected chi connectivity index (χ0v) is 21.6. The summed E-state index contributed by atoms with van der Waals surface area (Å²) in [5.74, 6) is 1.65. The van der Waals surface area contributed by atoms with E-state index in [1.54, 1.807) is 36.3 Å². The van der Waals surface area contributed by atoms with Crippen LogP contribution >= 0.6 is 11.6 Å². The number of hydrogen-bond donors (Lipinski definition) is 1. The summed E-state index contributed by atoms with van der Waals surface area (Å²) in [6, 6.07) is 11.7. The van der Waals surface area contributed by atoms with Crippen molar-refractivity contribution in [2.45, 2.75) is 31.5 Å². The van der Waals surface area contributed by atoms with Crippen LogP contribution in [0.15, 0.2) is 55.0 Å². The molecule has 0 bridgehead atoms. The van der Waals surface area contributed by atoms with Crippen LogP contribution in [0.25, 0.3) is 5.69 Å². The number of rotatable bonds is 7. The van der Waals surface area contributed by atoms with E-state index in [1.807, 2.05) is 18.2 Å². The lowest BCUT2D eigenvalue weighted by molar-refractivity contribution is -0.274. The number of aromatic nitrogens is 4. The molecule has 1 saturated heterocycles. The van der Waals surface area contributed by atoms with E-state index in [9.17, 15) is 13.2 Å². The first kappa shape index (κ1) is 25.3. The van der Waals surface area contributed by atoms with Crippen LogP contribution in [0.5, 0.6) is 11.5 Å². The van der Waals surface area contributed by atoms with Crippen LogP contribution in [0.3, 0.4) is 0 Å². The van der Waals surface area contributed by atoms with E-state index in [0.29, 0.717) is 16.9 Å². The van der Waals surface area contributed by atoms with Crippen molar-refractivity contribution < 1.29 is 22.6 Å². The van der Waals surface area contributed by atoms with Crippen LogP contribution in [-0.2, 0) is 6.42 Å². The topological polar surface area (TPSA) is 77.3 Å². The van der Waals surface area contributed by atoms with Crippen molar-refractivity contribution in [2.24, 2.45) is 0 Å². The molecule has 1 N–H and O–H groups in total. The molecular weight excluding hydrogens is 533 g/mol. The van der Waals surface area contributed by atoms with E-state index in [1.165, 1.54) is 12.1 Å². The third-order valence-corrected chi connectivity index (χ3v) is 7.16. The minimum Gasteiger partial charge on any atom is -0.494 e. The van der Waals surface area contributed by atoms with Gasteiger partial charge in [-0.15, -0.1) is 13.2 Å². The zero-order chi connectivity index (χ0) is 27.1. The van der Waals surface area contributed by atoms with Gasteiger partial charge in [0.15, 0.2) is 0 Å². The molecule has 6 rings (SSSR count). The molecule has 1 fully saturated rings. The third-order valence-electron chi connectivity index (χ3n) is 6.97. The highest BCUT2D eigenvalue weighted by Crippen LogP contribution is 2.43. The first-order chi connectivity index (χ1) is 18.8. The molecule has 4 aromatic rings. The van der Waals surface area contributed by atoms with Crippen molar-refractivity contribution in [1.29, 1.82) is 0 Å². The molecule has 0 saturated carbocycles. The smallest absolute Gasteiger partial charge is 0.494 e. The molecule has 8 nitrogen and oxygen atoms in total. The predicted molar refractivity (Wildman–Crippen MR) is 141 cm³/mol. The summed E-state index contributed by atoms with van der Waals surface area (Å²) in [4.78, 5) is 16.1. The number of methoxy groups -OCH3 is 1. The monoisotopic (exact) mass is 556 g/mol. The minimum atomic E-state index is -4.73. The summed E-state index contributed by atoms with van der Waals surface area (Å²) in [6.45, 7) is 1.85. The van der Waals surface area contributed by atoms with Gasteiger partial charge < -0.3 is 24.3 Å².